The number of rotatable bonds is 4. The molecule has 2 heterocycles. The molecule has 2 atom stereocenters. The van der Waals surface area contributed by atoms with E-state index in [0.717, 1.165) is 22.4 Å². The first-order chi connectivity index (χ1) is 12.8. The number of hydrogen-bond acceptors (Lipinski definition) is 5. The quantitative estimate of drug-likeness (QED) is 0.823. The van der Waals surface area contributed by atoms with Gasteiger partial charge in [0.15, 0.2) is 6.10 Å². The lowest BCUT2D eigenvalue weighted by molar-refractivity contribution is -0.167. The van der Waals surface area contributed by atoms with Gasteiger partial charge in [-0.05, 0) is 31.9 Å². The fraction of sp³-hybridized carbons (Fsp3) is 0.450. The summed E-state index contributed by atoms with van der Waals surface area (Å²) in [5.41, 5.74) is 3.58. The van der Waals surface area contributed by atoms with Crippen LogP contribution in [0.15, 0.2) is 28.8 Å². The predicted octanol–water partition coefficient (Wildman–Crippen LogP) is 2.16. The van der Waals surface area contributed by atoms with Gasteiger partial charge in [-0.3, -0.25) is 9.59 Å². The maximum atomic E-state index is 13.2. The minimum Gasteiger partial charge on any atom is -0.361 e. The monoisotopic (exact) mass is 371 g/mol. The zero-order valence-electron chi connectivity index (χ0n) is 16.4. The molecule has 0 N–H and O–H groups in total. The molecule has 0 aliphatic carbocycles. The molecule has 0 spiro atoms. The molecule has 1 aromatic carbocycles. The average molecular weight is 371 g/mol. The zero-order valence-corrected chi connectivity index (χ0v) is 16.4. The number of carbonyl (C=O) groups is 2. The van der Waals surface area contributed by atoms with Crippen molar-refractivity contribution in [2.75, 3.05) is 20.7 Å². The lowest BCUT2D eigenvalue weighted by atomic mass is 9.93. The first-order valence-electron chi connectivity index (χ1n) is 8.90. The third-order valence-electron chi connectivity index (χ3n) is 5.19. The molecule has 1 aliphatic rings. The Hall–Kier alpha value is -2.67. The van der Waals surface area contributed by atoms with E-state index in [1.807, 2.05) is 45.0 Å². The molecule has 3 rings (SSSR count). The number of aryl methyl sites for hydroxylation is 3. The van der Waals surface area contributed by atoms with E-state index < -0.39 is 12.1 Å². The number of hydrogen-bond donors (Lipinski definition) is 0. The van der Waals surface area contributed by atoms with E-state index in [4.69, 9.17) is 9.26 Å². The van der Waals surface area contributed by atoms with Crippen molar-refractivity contribution in [2.24, 2.45) is 0 Å². The Labute approximate surface area is 158 Å². The first kappa shape index (κ1) is 19.1. The molecule has 0 saturated carbocycles. The van der Waals surface area contributed by atoms with E-state index in [-0.39, 0.29) is 18.4 Å². The highest BCUT2D eigenvalue weighted by atomic mass is 16.5. The van der Waals surface area contributed by atoms with Crippen LogP contribution in [-0.2, 0) is 20.9 Å². The van der Waals surface area contributed by atoms with Crippen LogP contribution in [0.3, 0.4) is 0 Å². The van der Waals surface area contributed by atoms with Crippen molar-refractivity contribution in [3.63, 3.8) is 0 Å². The lowest BCUT2D eigenvalue weighted by Crippen LogP contribution is -2.53. The molecule has 7 nitrogen and oxygen atoms in total. The first-order valence-corrected chi connectivity index (χ1v) is 8.90. The molecule has 1 saturated heterocycles. The fourth-order valence-corrected chi connectivity index (χ4v) is 3.47. The van der Waals surface area contributed by atoms with Crippen LogP contribution < -0.4 is 0 Å². The lowest BCUT2D eigenvalue weighted by Gasteiger charge is -2.40. The van der Waals surface area contributed by atoms with Crippen LogP contribution in [0.2, 0.25) is 0 Å². The third kappa shape index (κ3) is 3.60. The summed E-state index contributed by atoms with van der Waals surface area (Å²) in [5, 5.41) is 3.94. The SMILES string of the molecule is Cc1ccccc1[C@@H]1[C@@H](C(=O)N(C)Cc2c(C)noc2C)OCC(=O)N1C. The van der Waals surface area contributed by atoms with Gasteiger partial charge in [0.2, 0.25) is 5.91 Å². The number of amides is 2. The Balaban J connectivity index is 1.89. The fourth-order valence-electron chi connectivity index (χ4n) is 3.47. The summed E-state index contributed by atoms with van der Waals surface area (Å²) < 4.78 is 10.9. The maximum absolute atomic E-state index is 13.2. The van der Waals surface area contributed by atoms with Gasteiger partial charge >= 0.3 is 0 Å². The highest BCUT2D eigenvalue weighted by Gasteiger charge is 2.41. The number of likely N-dealkylation sites (N-methyl/N-ethyl adjacent to an activating group) is 2. The van der Waals surface area contributed by atoms with Crippen molar-refractivity contribution in [2.45, 2.75) is 39.5 Å². The van der Waals surface area contributed by atoms with Gasteiger partial charge in [-0.25, -0.2) is 0 Å². The Kier molecular flexibility index (Phi) is 5.32. The van der Waals surface area contributed by atoms with E-state index in [1.54, 1.807) is 23.9 Å². The number of carbonyl (C=O) groups excluding carboxylic acids is 2. The van der Waals surface area contributed by atoms with E-state index in [0.29, 0.717) is 12.3 Å². The summed E-state index contributed by atoms with van der Waals surface area (Å²) in [6.07, 6.45) is -0.765. The van der Waals surface area contributed by atoms with Gasteiger partial charge in [-0.15, -0.1) is 0 Å². The van der Waals surface area contributed by atoms with Crippen molar-refractivity contribution in [3.8, 4) is 0 Å². The van der Waals surface area contributed by atoms with E-state index in [2.05, 4.69) is 5.16 Å². The van der Waals surface area contributed by atoms with Crippen LogP contribution in [0.25, 0.3) is 0 Å². The molecule has 0 bridgehead atoms. The third-order valence-corrected chi connectivity index (χ3v) is 5.19. The highest BCUT2D eigenvalue weighted by Crippen LogP contribution is 2.32. The second-order valence-corrected chi connectivity index (χ2v) is 7.03. The van der Waals surface area contributed by atoms with Gasteiger partial charge in [0.05, 0.1) is 18.3 Å². The molecule has 2 amide bonds. The summed E-state index contributed by atoms with van der Waals surface area (Å²) in [6.45, 7) is 5.92. The summed E-state index contributed by atoms with van der Waals surface area (Å²) in [6, 6.07) is 7.28. The molecular formula is C20H25N3O4. The molecule has 27 heavy (non-hydrogen) atoms. The van der Waals surface area contributed by atoms with Crippen molar-refractivity contribution < 1.29 is 18.8 Å². The Morgan fingerprint density at radius 1 is 1.30 bits per heavy atom. The number of benzene rings is 1. The molecule has 7 heteroatoms. The van der Waals surface area contributed by atoms with Crippen LogP contribution in [0.1, 0.15) is 34.2 Å². The molecule has 1 fully saturated rings. The van der Waals surface area contributed by atoms with Crippen molar-refractivity contribution in [3.05, 3.63) is 52.4 Å². The van der Waals surface area contributed by atoms with E-state index in [9.17, 15) is 9.59 Å². The van der Waals surface area contributed by atoms with Crippen molar-refractivity contribution >= 4 is 11.8 Å². The Morgan fingerprint density at radius 2 is 2.00 bits per heavy atom. The largest absolute Gasteiger partial charge is 0.361 e. The average Bonchev–Trinajstić information content (AvgIpc) is 2.96. The van der Waals surface area contributed by atoms with Crippen LogP contribution >= 0.6 is 0 Å². The summed E-state index contributed by atoms with van der Waals surface area (Å²) >= 11 is 0. The maximum Gasteiger partial charge on any atom is 0.254 e. The van der Waals surface area contributed by atoms with E-state index in [1.165, 1.54) is 0 Å². The van der Waals surface area contributed by atoms with Gasteiger partial charge in [0.25, 0.3) is 5.91 Å². The van der Waals surface area contributed by atoms with Gasteiger partial charge in [-0.2, -0.15) is 0 Å². The molecule has 2 aromatic rings. The standard InChI is InChI=1S/C20H25N3O4/c1-12-8-6-7-9-15(12)18-19(26-11-17(24)23(18)5)20(25)22(4)10-16-13(2)21-27-14(16)3/h6-9,18-19H,10-11H2,1-5H3/t18-,19+/m1/s1. The number of nitrogens with zero attached hydrogens (tertiary/aromatic N) is 3. The topological polar surface area (TPSA) is 75.9 Å². The van der Waals surface area contributed by atoms with E-state index >= 15 is 0 Å². The van der Waals surface area contributed by atoms with Gasteiger partial charge in [0.1, 0.15) is 12.4 Å². The van der Waals surface area contributed by atoms with Crippen molar-refractivity contribution in [1.29, 1.82) is 0 Å². The molecular weight excluding hydrogens is 346 g/mol. The number of morpholine rings is 1. The van der Waals surface area contributed by atoms with Crippen LogP contribution in [-0.4, -0.2) is 53.6 Å². The van der Waals surface area contributed by atoms with Crippen LogP contribution in [0, 0.1) is 20.8 Å². The highest BCUT2D eigenvalue weighted by molar-refractivity contribution is 5.86. The predicted molar refractivity (Wildman–Crippen MR) is 98.9 cm³/mol. The van der Waals surface area contributed by atoms with Gasteiger partial charge in [0, 0.05) is 19.7 Å². The smallest absolute Gasteiger partial charge is 0.254 e. The van der Waals surface area contributed by atoms with Crippen molar-refractivity contribution in [1.82, 2.24) is 15.0 Å². The summed E-state index contributed by atoms with van der Waals surface area (Å²) in [4.78, 5) is 28.6. The minimum atomic E-state index is -0.765. The van der Waals surface area contributed by atoms with Crippen LogP contribution in [0.5, 0.6) is 0 Å². The second-order valence-electron chi connectivity index (χ2n) is 7.03. The molecule has 0 radical (unpaired) electrons. The zero-order chi connectivity index (χ0) is 19.7. The molecule has 1 aliphatic heterocycles. The summed E-state index contributed by atoms with van der Waals surface area (Å²) in [5.74, 6) is 0.378. The Morgan fingerprint density at radius 3 is 2.63 bits per heavy atom. The number of ether oxygens (including phenoxy) is 1. The van der Waals surface area contributed by atoms with Gasteiger partial charge in [-0.1, -0.05) is 29.4 Å². The number of aromatic nitrogens is 1. The Bertz CT molecular complexity index is 841. The normalized spacial score (nSPS) is 20.0. The van der Waals surface area contributed by atoms with Gasteiger partial charge < -0.3 is 19.1 Å². The molecule has 1 aromatic heterocycles. The molecule has 0 unspecified atom stereocenters. The minimum absolute atomic E-state index is 0.103. The van der Waals surface area contributed by atoms with Crippen LogP contribution in [0.4, 0.5) is 0 Å². The second kappa shape index (κ2) is 7.52. The molecule has 144 valence electrons. The summed E-state index contributed by atoms with van der Waals surface area (Å²) in [7, 11) is 3.44.